The number of aromatic nitrogens is 1. The van der Waals surface area contributed by atoms with Crippen molar-refractivity contribution in [1.29, 1.82) is 0 Å². The zero-order valence-corrected chi connectivity index (χ0v) is 10.4. The van der Waals surface area contributed by atoms with Crippen LogP contribution in [-0.4, -0.2) is 23.7 Å². The molecule has 3 N–H and O–H groups in total. The molecular formula is C13H21N3O. The molecule has 1 aromatic rings. The van der Waals surface area contributed by atoms with Crippen molar-refractivity contribution in [3.05, 3.63) is 30.1 Å². The molecule has 17 heavy (non-hydrogen) atoms. The van der Waals surface area contributed by atoms with Crippen LogP contribution in [0.5, 0.6) is 0 Å². The van der Waals surface area contributed by atoms with Gasteiger partial charge in [0.2, 0.25) is 0 Å². The van der Waals surface area contributed by atoms with Crippen LogP contribution in [0.1, 0.15) is 31.4 Å². The van der Waals surface area contributed by atoms with Gasteiger partial charge in [0.25, 0.3) is 0 Å². The molecule has 0 amide bonds. The highest BCUT2D eigenvalue weighted by atomic mass is 16.5. The van der Waals surface area contributed by atoms with Gasteiger partial charge in [-0.1, -0.05) is 6.07 Å². The fourth-order valence-electron chi connectivity index (χ4n) is 2.47. The Morgan fingerprint density at radius 2 is 2.35 bits per heavy atom. The van der Waals surface area contributed by atoms with Crippen molar-refractivity contribution in [3.8, 4) is 0 Å². The number of nitrogens with one attached hydrogen (secondary N) is 1. The van der Waals surface area contributed by atoms with Crippen molar-refractivity contribution in [2.24, 2.45) is 5.84 Å². The molecule has 2 rings (SSSR count). The van der Waals surface area contributed by atoms with Crippen molar-refractivity contribution >= 4 is 0 Å². The lowest BCUT2D eigenvalue weighted by molar-refractivity contribution is -0.0834. The third kappa shape index (κ3) is 3.03. The number of methoxy groups -OCH3 is 1. The quantitative estimate of drug-likeness (QED) is 0.578. The van der Waals surface area contributed by atoms with Gasteiger partial charge in [-0.05, 0) is 37.8 Å². The summed E-state index contributed by atoms with van der Waals surface area (Å²) in [7, 11) is 1.80. The van der Waals surface area contributed by atoms with Gasteiger partial charge in [-0.15, -0.1) is 0 Å². The van der Waals surface area contributed by atoms with E-state index in [0.717, 1.165) is 31.4 Å². The predicted molar refractivity (Wildman–Crippen MR) is 67.3 cm³/mol. The van der Waals surface area contributed by atoms with Crippen molar-refractivity contribution in [2.75, 3.05) is 7.11 Å². The third-order valence-corrected chi connectivity index (χ3v) is 3.73. The number of hydrogen-bond donors (Lipinski definition) is 2. The van der Waals surface area contributed by atoms with Crippen molar-refractivity contribution in [3.63, 3.8) is 0 Å². The van der Waals surface area contributed by atoms with Crippen LogP contribution in [0.25, 0.3) is 0 Å². The van der Waals surface area contributed by atoms with Gasteiger partial charge in [-0.25, -0.2) is 0 Å². The lowest BCUT2D eigenvalue weighted by atomic mass is 9.75. The minimum Gasteiger partial charge on any atom is -0.378 e. The summed E-state index contributed by atoms with van der Waals surface area (Å²) in [4.78, 5) is 4.33. The monoisotopic (exact) mass is 235 g/mol. The number of ether oxygens (including phenoxy) is 1. The number of hydrogen-bond acceptors (Lipinski definition) is 4. The summed E-state index contributed by atoms with van der Waals surface area (Å²) in [6.07, 6.45) is 7.17. The number of nitrogens with zero attached hydrogens (tertiary/aromatic N) is 1. The van der Waals surface area contributed by atoms with Gasteiger partial charge in [-0.3, -0.25) is 16.3 Å². The maximum absolute atomic E-state index is 5.63. The van der Waals surface area contributed by atoms with E-state index in [0.29, 0.717) is 0 Å². The second-order valence-corrected chi connectivity index (χ2v) is 4.83. The zero-order valence-electron chi connectivity index (χ0n) is 10.4. The third-order valence-electron chi connectivity index (χ3n) is 3.73. The van der Waals surface area contributed by atoms with E-state index in [-0.39, 0.29) is 11.6 Å². The SMILES string of the molecule is COC1(CC(Cc2ccccn2)NN)CCC1. The molecule has 1 saturated carbocycles. The van der Waals surface area contributed by atoms with Crippen molar-refractivity contribution in [1.82, 2.24) is 10.4 Å². The normalized spacial score (nSPS) is 19.6. The molecule has 4 heteroatoms. The summed E-state index contributed by atoms with van der Waals surface area (Å²) in [5.74, 6) is 5.63. The minimum atomic E-state index is 0.0474. The van der Waals surface area contributed by atoms with E-state index in [1.807, 2.05) is 24.4 Å². The highest BCUT2D eigenvalue weighted by molar-refractivity contribution is 5.06. The largest absolute Gasteiger partial charge is 0.378 e. The van der Waals surface area contributed by atoms with Crippen LogP contribution in [-0.2, 0) is 11.2 Å². The van der Waals surface area contributed by atoms with Crippen LogP contribution < -0.4 is 11.3 Å². The molecule has 0 saturated heterocycles. The number of hydrazine groups is 1. The average molecular weight is 235 g/mol. The first-order valence-electron chi connectivity index (χ1n) is 6.19. The van der Waals surface area contributed by atoms with Gasteiger partial charge >= 0.3 is 0 Å². The van der Waals surface area contributed by atoms with Gasteiger partial charge in [0.05, 0.1) is 5.60 Å². The Labute approximate surface area is 103 Å². The zero-order chi connectivity index (χ0) is 12.1. The molecule has 1 aromatic heterocycles. The first-order valence-corrected chi connectivity index (χ1v) is 6.19. The summed E-state index contributed by atoms with van der Waals surface area (Å²) in [6.45, 7) is 0. The minimum absolute atomic E-state index is 0.0474. The second kappa shape index (κ2) is 5.58. The van der Waals surface area contributed by atoms with E-state index in [1.165, 1.54) is 6.42 Å². The summed E-state index contributed by atoms with van der Waals surface area (Å²) in [6, 6.07) is 6.19. The Balaban J connectivity index is 1.93. The Hall–Kier alpha value is -0.970. The molecule has 1 atom stereocenters. The van der Waals surface area contributed by atoms with Gasteiger partial charge in [0.1, 0.15) is 0 Å². The first kappa shape index (κ1) is 12.5. The number of pyridine rings is 1. The standard InChI is InChI=1S/C13H21N3O/c1-17-13(6-4-7-13)10-12(16-14)9-11-5-2-3-8-15-11/h2-3,5,8,12,16H,4,6-7,9-10,14H2,1H3. The molecule has 1 fully saturated rings. The average Bonchev–Trinajstić information content (AvgIpc) is 2.33. The molecule has 0 radical (unpaired) electrons. The van der Waals surface area contributed by atoms with E-state index in [2.05, 4.69) is 10.4 Å². The fourth-order valence-corrected chi connectivity index (χ4v) is 2.47. The summed E-state index contributed by atoms with van der Waals surface area (Å²) in [5, 5.41) is 0. The number of nitrogens with two attached hydrogens (primary N) is 1. The highest BCUT2D eigenvalue weighted by Crippen LogP contribution is 2.39. The Morgan fingerprint density at radius 1 is 1.53 bits per heavy atom. The molecule has 0 aromatic carbocycles. The smallest absolute Gasteiger partial charge is 0.0694 e. The maximum Gasteiger partial charge on any atom is 0.0694 e. The van der Waals surface area contributed by atoms with E-state index in [9.17, 15) is 0 Å². The van der Waals surface area contributed by atoms with Crippen LogP contribution in [0.4, 0.5) is 0 Å². The van der Waals surface area contributed by atoms with E-state index in [1.54, 1.807) is 7.11 Å². The van der Waals surface area contributed by atoms with Gasteiger partial charge < -0.3 is 4.74 Å². The molecule has 1 unspecified atom stereocenters. The lowest BCUT2D eigenvalue weighted by Crippen LogP contribution is -2.48. The Morgan fingerprint density at radius 3 is 2.82 bits per heavy atom. The predicted octanol–water partition coefficient (Wildman–Crippen LogP) is 1.42. The lowest BCUT2D eigenvalue weighted by Gasteiger charge is -2.42. The van der Waals surface area contributed by atoms with Gasteiger partial charge in [0, 0.05) is 31.5 Å². The van der Waals surface area contributed by atoms with Crippen LogP contribution in [0.3, 0.4) is 0 Å². The van der Waals surface area contributed by atoms with Crippen molar-refractivity contribution < 1.29 is 4.74 Å². The van der Waals surface area contributed by atoms with Gasteiger partial charge in [-0.2, -0.15) is 0 Å². The van der Waals surface area contributed by atoms with Crippen LogP contribution in [0.2, 0.25) is 0 Å². The topological polar surface area (TPSA) is 60.2 Å². The second-order valence-electron chi connectivity index (χ2n) is 4.83. The molecule has 1 aliphatic carbocycles. The summed E-state index contributed by atoms with van der Waals surface area (Å²) in [5.41, 5.74) is 4.01. The molecule has 94 valence electrons. The van der Waals surface area contributed by atoms with E-state index < -0.39 is 0 Å². The summed E-state index contributed by atoms with van der Waals surface area (Å²) >= 11 is 0. The van der Waals surface area contributed by atoms with E-state index >= 15 is 0 Å². The molecule has 0 spiro atoms. The van der Waals surface area contributed by atoms with Gasteiger partial charge in [0.15, 0.2) is 0 Å². The van der Waals surface area contributed by atoms with Crippen LogP contribution in [0.15, 0.2) is 24.4 Å². The molecule has 0 aliphatic heterocycles. The maximum atomic E-state index is 5.63. The molecule has 1 heterocycles. The molecule has 1 aliphatic rings. The molecular weight excluding hydrogens is 214 g/mol. The van der Waals surface area contributed by atoms with Crippen LogP contribution >= 0.6 is 0 Å². The number of rotatable bonds is 6. The Bertz CT molecular complexity index is 332. The first-order chi connectivity index (χ1) is 8.28. The summed E-state index contributed by atoms with van der Waals surface area (Å²) < 4.78 is 5.63. The molecule has 0 bridgehead atoms. The Kier molecular flexibility index (Phi) is 4.10. The highest BCUT2D eigenvalue weighted by Gasteiger charge is 2.38. The fraction of sp³-hybridized carbons (Fsp3) is 0.615. The molecule has 4 nitrogen and oxygen atoms in total. The van der Waals surface area contributed by atoms with Crippen molar-refractivity contribution in [2.45, 2.75) is 43.7 Å². The van der Waals surface area contributed by atoms with E-state index in [4.69, 9.17) is 10.6 Å². The van der Waals surface area contributed by atoms with Crippen LogP contribution in [0, 0.1) is 0 Å².